The minimum absolute atomic E-state index is 0.154. The Morgan fingerprint density at radius 3 is 2.59 bits per heavy atom. The number of benzene rings is 2. The van der Waals surface area contributed by atoms with Crippen LogP contribution in [0.1, 0.15) is 18.1 Å². The van der Waals surface area contributed by atoms with E-state index in [1.54, 1.807) is 0 Å². The zero-order chi connectivity index (χ0) is 19.5. The minimum atomic E-state index is 0.154. The molecule has 3 N–H and O–H groups in total. The maximum absolute atomic E-state index is 8.75. The summed E-state index contributed by atoms with van der Waals surface area (Å²) in [6, 6.07) is 11.6. The molecule has 0 spiro atoms. The maximum atomic E-state index is 8.75. The van der Waals surface area contributed by atoms with E-state index in [9.17, 15) is 0 Å². The highest BCUT2D eigenvalue weighted by Gasteiger charge is 2.13. The molecule has 0 amide bonds. The van der Waals surface area contributed by atoms with Crippen molar-refractivity contribution in [2.24, 2.45) is 0 Å². The highest BCUT2D eigenvalue weighted by molar-refractivity contribution is 9.10. The number of aliphatic hydroxyl groups excluding tert-OH is 1. The van der Waals surface area contributed by atoms with Gasteiger partial charge in [-0.15, -0.1) is 0 Å². The van der Waals surface area contributed by atoms with Crippen molar-refractivity contribution in [2.45, 2.75) is 20.1 Å². The van der Waals surface area contributed by atoms with Crippen LogP contribution in [0.15, 0.2) is 40.9 Å². The van der Waals surface area contributed by atoms with Crippen molar-refractivity contribution in [3.05, 3.63) is 57.0 Å². The zero-order valence-electron chi connectivity index (χ0n) is 15.4. The molecule has 27 heavy (non-hydrogen) atoms. The van der Waals surface area contributed by atoms with Gasteiger partial charge in [0.15, 0.2) is 11.5 Å². The Hall–Kier alpha value is -1.31. The number of aliphatic hydroxyl groups is 1. The molecule has 148 valence electrons. The highest BCUT2D eigenvalue weighted by Crippen LogP contribution is 2.37. The molecule has 7 heteroatoms. The Labute approximate surface area is 174 Å². The van der Waals surface area contributed by atoms with E-state index in [0.717, 1.165) is 28.7 Å². The first kappa shape index (κ1) is 22.0. The van der Waals surface area contributed by atoms with Crippen LogP contribution in [0.2, 0.25) is 5.02 Å². The SMILES string of the molecule is CCOc1cc(CNCCNCCO)cc(Br)c1OCc1cccc(Cl)c1. The van der Waals surface area contributed by atoms with Gasteiger partial charge in [0.05, 0.1) is 17.7 Å². The Morgan fingerprint density at radius 2 is 1.85 bits per heavy atom. The van der Waals surface area contributed by atoms with Crippen LogP contribution in [0.4, 0.5) is 0 Å². The lowest BCUT2D eigenvalue weighted by Gasteiger charge is -2.16. The summed E-state index contributed by atoms with van der Waals surface area (Å²) < 4.78 is 12.6. The second-order valence-electron chi connectivity index (χ2n) is 5.91. The number of halogens is 2. The van der Waals surface area contributed by atoms with E-state index in [2.05, 4.69) is 26.6 Å². The molecule has 0 radical (unpaired) electrons. The van der Waals surface area contributed by atoms with Crippen molar-refractivity contribution in [1.82, 2.24) is 10.6 Å². The van der Waals surface area contributed by atoms with Crippen LogP contribution in [-0.4, -0.2) is 38.0 Å². The van der Waals surface area contributed by atoms with Crippen LogP contribution in [0, 0.1) is 0 Å². The normalized spacial score (nSPS) is 10.8. The fourth-order valence-electron chi connectivity index (χ4n) is 2.52. The van der Waals surface area contributed by atoms with Gasteiger partial charge in [0.1, 0.15) is 6.61 Å². The van der Waals surface area contributed by atoms with E-state index < -0.39 is 0 Å². The molecule has 0 atom stereocenters. The van der Waals surface area contributed by atoms with Crippen LogP contribution in [0.25, 0.3) is 0 Å². The Bertz CT molecular complexity index is 716. The summed E-state index contributed by atoms with van der Waals surface area (Å²) in [7, 11) is 0. The van der Waals surface area contributed by atoms with Gasteiger partial charge in [0.25, 0.3) is 0 Å². The summed E-state index contributed by atoms with van der Waals surface area (Å²) in [5.41, 5.74) is 2.10. The molecule has 0 saturated heterocycles. The second kappa shape index (κ2) is 12.2. The summed E-state index contributed by atoms with van der Waals surface area (Å²) in [5.74, 6) is 1.40. The van der Waals surface area contributed by atoms with Crippen LogP contribution in [0.5, 0.6) is 11.5 Å². The van der Waals surface area contributed by atoms with E-state index in [0.29, 0.717) is 42.8 Å². The molecular weight excluding hydrogens is 432 g/mol. The molecule has 5 nitrogen and oxygen atoms in total. The second-order valence-corrected chi connectivity index (χ2v) is 7.20. The molecule has 0 aliphatic heterocycles. The molecule has 0 fully saturated rings. The quantitative estimate of drug-likeness (QED) is 0.424. The van der Waals surface area contributed by atoms with Gasteiger partial charge < -0.3 is 25.2 Å². The average Bonchev–Trinajstić information content (AvgIpc) is 2.64. The van der Waals surface area contributed by atoms with Gasteiger partial charge in [0.2, 0.25) is 0 Å². The predicted molar refractivity (Wildman–Crippen MR) is 113 cm³/mol. The molecule has 2 aromatic carbocycles. The van der Waals surface area contributed by atoms with E-state index in [4.69, 9.17) is 26.2 Å². The van der Waals surface area contributed by atoms with Gasteiger partial charge in [0, 0.05) is 31.2 Å². The van der Waals surface area contributed by atoms with E-state index in [-0.39, 0.29) is 6.61 Å². The maximum Gasteiger partial charge on any atom is 0.175 e. The summed E-state index contributed by atoms with van der Waals surface area (Å²) in [5, 5.41) is 15.9. The molecule has 0 unspecified atom stereocenters. The van der Waals surface area contributed by atoms with Gasteiger partial charge in [-0.3, -0.25) is 0 Å². The number of ether oxygens (including phenoxy) is 2. The van der Waals surface area contributed by atoms with E-state index in [1.807, 2.05) is 43.3 Å². The Kier molecular flexibility index (Phi) is 9.94. The largest absolute Gasteiger partial charge is 0.490 e. The lowest BCUT2D eigenvalue weighted by Crippen LogP contribution is -2.28. The van der Waals surface area contributed by atoms with Gasteiger partial charge in [-0.05, 0) is 58.2 Å². The average molecular weight is 458 g/mol. The third-order valence-electron chi connectivity index (χ3n) is 3.74. The van der Waals surface area contributed by atoms with Crippen molar-refractivity contribution < 1.29 is 14.6 Å². The fraction of sp³-hybridized carbons (Fsp3) is 0.400. The van der Waals surface area contributed by atoms with Gasteiger partial charge in [-0.25, -0.2) is 0 Å². The van der Waals surface area contributed by atoms with Crippen LogP contribution in [-0.2, 0) is 13.2 Å². The standard InChI is InChI=1S/C20H26BrClN2O3/c1-2-26-19-12-16(13-24-7-6-23-8-9-25)11-18(21)20(19)27-14-15-4-3-5-17(22)10-15/h3-5,10-12,23-25H,2,6-9,13-14H2,1H3. The van der Waals surface area contributed by atoms with Crippen LogP contribution >= 0.6 is 27.5 Å². The molecule has 0 aliphatic rings. The molecule has 0 bridgehead atoms. The van der Waals surface area contributed by atoms with E-state index in [1.165, 1.54) is 0 Å². The molecule has 2 aromatic rings. The van der Waals surface area contributed by atoms with Gasteiger partial charge in [-0.1, -0.05) is 23.7 Å². The summed E-state index contributed by atoms with van der Waals surface area (Å²) in [4.78, 5) is 0. The lowest BCUT2D eigenvalue weighted by molar-refractivity contribution is 0.267. The minimum Gasteiger partial charge on any atom is -0.490 e. The van der Waals surface area contributed by atoms with Crippen molar-refractivity contribution in [3.8, 4) is 11.5 Å². The smallest absolute Gasteiger partial charge is 0.175 e. The van der Waals surface area contributed by atoms with Crippen molar-refractivity contribution in [3.63, 3.8) is 0 Å². The topological polar surface area (TPSA) is 62.8 Å². The molecule has 0 heterocycles. The van der Waals surface area contributed by atoms with Crippen LogP contribution in [0.3, 0.4) is 0 Å². The third-order valence-corrected chi connectivity index (χ3v) is 4.56. The molecule has 0 saturated carbocycles. The summed E-state index contributed by atoms with van der Waals surface area (Å²) in [6.07, 6.45) is 0. The molecule has 0 aromatic heterocycles. The third kappa shape index (κ3) is 7.68. The molecule has 2 rings (SSSR count). The Morgan fingerprint density at radius 1 is 1.04 bits per heavy atom. The first-order chi connectivity index (χ1) is 13.1. The van der Waals surface area contributed by atoms with Gasteiger partial charge >= 0.3 is 0 Å². The molecular formula is C20H26BrClN2O3. The highest BCUT2D eigenvalue weighted by atomic mass is 79.9. The summed E-state index contributed by atoms with van der Waals surface area (Å²) >= 11 is 9.64. The molecule has 0 aliphatic carbocycles. The van der Waals surface area contributed by atoms with E-state index >= 15 is 0 Å². The fourth-order valence-corrected chi connectivity index (χ4v) is 3.34. The summed E-state index contributed by atoms with van der Waals surface area (Å²) in [6.45, 7) is 6.02. The van der Waals surface area contributed by atoms with Crippen molar-refractivity contribution >= 4 is 27.5 Å². The monoisotopic (exact) mass is 456 g/mol. The number of rotatable bonds is 12. The van der Waals surface area contributed by atoms with Crippen LogP contribution < -0.4 is 20.1 Å². The zero-order valence-corrected chi connectivity index (χ0v) is 17.8. The number of nitrogens with one attached hydrogen (secondary N) is 2. The lowest BCUT2D eigenvalue weighted by atomic mass is 10.2. The predicted octanol–water partition coefficient (Wildman–Crippen LogP) is 3.75. The first-order valence-electron chi connectivity index (χ1n) is 8.98. The Balaban J connectivity index is 1.99. The van der Waals surface area contributed by atoms with Gasteiger partial charge in [-0.2, -0.15) is 0 Å². The number of hydrogen-bond donors (Lipinski definition) is 3. The van der Waals surface area contributed by atoms with Crippen molar-refractivity contribution in [2.75, 3.05) is 32.8 Å². The number of hydrogen-bond acceptors (Lipinski definition) is 5. The first-order valence-corrected chi connectivity index (χ1v) is 10.2. The van der Waals surface area contributed by atoms with Crippen molar-refractivity contribution in [1.29, 1.82) is 0 Å².